The van der Waals surface area contributed by atoms with Crippen LogP contribution in [0.15, 0.2) is 30.3 Å². The smallest absolute Gasteiger partial charge is 0.321 e. The van der Waals surface area contributed by atoms with Gasteiger partial charge in [0.2, 0.25) is 5.91 Å². The van der Waals surface area contributed by atoms with E-state index in [1.807, 2.05) is 30.3 Å². The Labute approximate surface area is 115 Å². The minimum absolute atomic E-state index is 0.0270. The molecule has 0 spiro atoms. The summed E-state index contributed by atoms with van der Waals surface area (Å²) in [6, 6.07) is 9.00. The molecular formula is C13H16N2O3S. The maximum Gasteiger partial charge on any atom is 0.321 e. The first-order valence-corrected chi connectivity index (χ1v) is 7.11. The highest BCUT2D eigenvalue weighted by Crippen LogP contribution is 2.18. The van der Waals surface area contributed by atoms with Gasteiger partial charge in [0.1, 0.15) is 6.04 Å². The fourth-order valence-electron chi connectivity index (χ4n) is 1.84. The van der Waals surface area contributed by atoms with Crippen molar-refractivity contribution < 1.29 is 14.7 Å². The topological polar surface area (TPSA) is 78.4 Å². The van der Waals surface area contributed by atoms with Gasteiger partial charge >= 0.3 is 5.97 Å². The quantitative estimate of drug-likeness (QED) is 0.730. The lowest BCUT2D eigenvalue weighted by molar-refractivity contribution is -0.138. The van der Waals surface area contributed by atoms with E-state index in [1.54, 1.807) is 0 Å². The standard InChI is InChI=1S/C13H16N2O3S/c16-11(6-9-4-2-1-3-5-9)14-7-12-15-10(8-19-12)13(17)18/h1-5,10,12,15H,6-8H2,(H,14,16)(H,17,18). The van der Waals surface area contributed by atoms with Crippen LogP contribution in [0.4, 0.5) is 0 Å². The van der Waals surface area contributed by atoms with E-state index < -0.39 is 12.0 Å². The molecule has 3 N–H and O–H groups in total. The van der Waals surface area contributed by atoms with Crippen LogP contribution in [0, 0.1) is 0 Å². The third kappa shape index (κ3) is 4.25. The molecule has 5 nitrogen and oxygen atoms in total. The zero-order valence-corrected chi connectivity index (χ0v) is 11.2. The van der Waals surface area contributed by atoms with Crippen LogP contribution in [0.25, 0.3) is 0 Å². The molecule has 2 unspecified atom stereocenters. The van der Waals surface area contributed by atoms with Gasteiger partial charge < -0.3 is 10.4 Å². The van der Waals surface area contributed by atoms with E-state index in [0.29, 0.717) is 18.7 Å². The largest absolute Gasteiger partial charge is 0.480 e. The van der Waals surface area contributed by atoms with Crippen LogP contribution in [-0.2, 0) is 16.0 Å². The second kappa shape index (κ2) is 6.58. The molecule has 0 bridgehead atoms. The van der Waals surface area contributed by atoms with Crippen molar-refractivity contribution in [2.45, 2.75) is 17.8 Å². The number of hydrogen-bond donors (Lipinski definition) is 3. The second-order valence-electron chi connectivity index (χ2n) is 4.35. The molecule has 2 atom stereocenters. The summed E-state index contributed by atoms with van der Waals surface area (Å²) in [7, 11) is 0. The van der Waals surface area contributed by atoms with Gasteiger partial charge in [0, 0.05) is 12.3 Å². The molecular weight excluding hydrogens is 264 g/mol. The fourth-order valence-corrected chi connectivity index (χ4v) is 2.97. The number of benzene rings is 1. The Balaban J connectivity index is 1.71. The van der Waals surface area contributed by atoms with E-state index in [1.165, 1.54) is 11.8 Å². The fraction of sp³-hybridized carbons (Fsp3) is 0.385. The molecule has 2 rings (SSSR count). The predicted molar refractivity (Wildman–Crippen MR) is 74.0 cm³/mol. The monoisotopic (exact) mass is 280 g/mol. The minimum Gasteiger partial charge on any atom is -0.480 e. The van der Waals surface area contributed by atoms with E-state index in [-0.39, 0.29) is 11.3 Å². The molecule has 0 saturated carbocycles. The summed E-state index contributed by atoms with van der Waals surface area (Å²) >= 11 is 1.52. The summed E-state index contributed by atoms with van der Waals surface area (Å²) in [5, 5.41) is 14.6. The molecule has 1 aromatic carbocycles. The van der Waals surface area contributed by atoms with Crippen LogP contribution >= 0.6 is 11.8 Å². The van der Waals surface area contributed by atoms with Gasteiger partial charge in [-0.1, -0.05) is 30.3 Å². The summed E-state index contributed by atoms with van der Waals surface area (Å²) in [5.41, 5.74) is 0.968. The molecule has 6 heteroatoms. The Hall–Kier alpha value is -1.53. The molecule has 102 valence electrons. The van der Waals surface area contributed by atoms with E-state index in [2.05, 4.69) is 10.6 Å². The molecule has 0 aromatic heterocycles. The molecule has 0 radical (unpaired) electrons. The van der Waals surface area contributed by atoms with Gasteiger partial charge in [0.25, 0.3) is 0 Å². The van der Waals surface area contributed by atoms with Crippen LogP contribution in [0.5, 0.6) is 0 Å². The van der Waals surface area contributed by atoms with Gasteiger partial charge in [-0.25, -0.2) is 0 Å². The normalized spacial score (nSPS) is 22.1. The third-order valence-corrected chi connectivity index (χ3v) is 4.07. The zero-order chi connectivity index (χ0) is 13.7. The van der Waals surface area contributed by atoms with Gasteiger partial charge in [-0.3, -0.25) is 14.9 Å². The SMILES string of the molecule is O=C(Cc1ccccc1)NCC1NC(C(=O)O)CS1. The number of amides is 1. The molecule has 0 aliphatic carbocycles. The number of carbonyl (C=O) groups excluding carboxylic acids is 1. The minimum atomic E-state index is -0.842. The Morgan fingerprint density at radius 3 is 2.74 bits per heavy atom. The van der Waals surface area contributed by atoms with Gasteiger partial charge in [-0.2, -0.15) is 0 Å². The van der Waals surface area contributed by atoms with Gasteiger partial charge in [0.15, 0.2) is 0 Å². The van der Waals surface area contributed by atoms with Crippen molar-refractivity contribution in [1.82, 2.24) is 10.6 Å². The number of thioether (sulfide) groups is 1. The molecule has 1 aromatic rings. The highest BCUT2D eigenvalue weighted by molar-refractivity contribution is 8.00. The number of nitrogens with one attached hydrogen (secondary N) is 2. The Morgan fingerprint density at radius 2 is 2.11 bits per heavy atom. The van der Waals surface area contributed by atoms with Crippen LogP contribution < -0.4 is 10.6 Å². The van der Waals surface area contributed by atoms with Crippen molar-refractivity contribution in [3.05, 3.63) is 35.9 Å². The number of aliphatic carboxylic acids is 1. The van der Waals surface area contributed by atoms with E-state index in [9.17, 15) is 9.59 Å². The third-order valence-electron chi connectivity index (χ3n) is 2.84. The van der Waals surface area contributed by atoms with Crippen LogP contribution in [0.3, 0.4) is 0 Å². The van der Waals surface area contributed by atoms with Crippen LogP contribution in [0.1, 0.15) is 5.56 Å². The van der Waals surface area contributed by atoms with Gasteiger partial charge in [-0.15, -0.1) is 11.8 Å². The van der Waals surface area contributed by atoms with Crippen molar-refractivity contribution in [2.24, 2.45) is 0 Å². The highest BCUT2D eigenvalue weighted by Gasteiger charge is 2.29. The van der Waals surface area contributed by atoms with Gasteiger partial charge in [0.05, 0.1) is 11.8 Å². The van der Waals surface area contributed by atoms with Crippen LogP contribution in [0.2, 0.25) is 0 Å². The Morgan fingerprint density at radius 1 is 1.37 bits per heavy atom. The maximum atomic E-state index is 11.7. The summed E-state index contributed by atoms with van der Waals surface area (Å²) in [5.74, 6) is -0.354. The van der Waals surface area contributed by atoms with E-state index in [4.69, 9.17) is 5.11 Å². The highest BCUT2D eigenvalue weighted by atomic mass is 32.2. The lowest BCUT2D eigenvalue weighted by Crippen LogP contribution is -2.42. The number of rotatable bonds is 5. The second-order valence-corrected chi connectivity index (χ2v) is 5.58. The first-order valence-electron chi connectivity index (χ1n) is 6.06. The van der Waals surface area contributed by atoms with Crippen molar-refractivity contribution in [3.63, 3.8) is 0 Å². The van der Waals surface area contributed by atoms with Crippen molar-refractivity contribution in [3.8, 4) is 0 Å². The van der Waals surface area contributed by atoms with E-state index >= 15 is 0 Å². The number of carbonyl (C=O) groups is 2. The first-order chi connectivity index (χ1) is 9.15. The Kier molecular flexibility index (Phi) is 4.81. The first kappa shape index (κ1) is 13.9. The molecule has 1 saturated heterocycles. The number of hydrogen-bond acceptors (Lipinski definition) is 4. The average Bonchev–Trinajstić information content (AvgIpc) is 2.86. The summed E-state index contributed by atoms with van der Waals surface area (Å²) in [6.45, 7) is 0.445. The molecule has 1 aliphatic heterocycles. The predicted octanol–water partition coefficient (Wildman–Crippen LogP) is 0.461. The average molecular weight is 280 g/mol. The van der Waals surface area contributed by atoms with Crippen molar-refractivity contribution in [2.75, 3.05) is 12.3 Å². The summed E-state index contributed by atoms with van der Waals surface area (Å²) in [6.07, 6.45) is 0.348. The number of carboxylic acid groups (broad SMARTS) is 1. The Bertz CT molecular complexity index is 452. The zero-order valence-electron chi connectivity index (χ0n) is 10.3. The molecule has 1 amide bonds. The lowest BCUT2D eigenvalue weighted by Gasteiger charge is -2.12. The molecule has 1 fully saturated rings. The molecule has 19 heavy (non-hydrogen) atoms. The number of carboxylic acids is 1. The summed E-state index contributed by atoms with van der Waals surface area (Å²) in [4.78, 5) is 22.5. The van der Waals surface area contributed by atoms with Crippen molar-refractivity contribution in [1.29, 1.82) is 0 Å². The van der Waals surface area contributed by atoms with Gasteiger partial charge in [-0.05, 0) is 5.56 Å². The molecule has 1 aliphatic rings. The van der Waals surface area contributed by atoms with E-state index in [0.717, 1.165) is 5.56 Å². The lowest BCUT2D eigenvalue weighted by atomic mass is 10.1. The maximum absolute atomic E-state index is 11.7. The molecule has 1 heterocycles. The van der Waals surface area contributed by atoms with Crippen LogP contribution in [-0.4, -0.2) is 40.7 Å². The summed E-state index contributed by atoms with van der Waals surface area (Å²) < 4.78 is 0. The van der Waals surface area contributed by atoms with Crippen molar-refractivity contribution >= 4 is 23.6 Å².